The van der Waals surface area contributed by atoms with Crippen molar-refractivity contribution >= 4 is 15.9 Å². The molecule has 1 heterocycles. The number of carbonyl (C=O) groups is 1. The molecule has 7 heteroatoms. The van der Waals surface area contributed by atoms with Crippen molar-refractivity contribution in [3.05, 3.63) is 65.7 Å². The third-order valence-electron chi connectivity index (χ3n) is 5.84. The molecule has 2 aromatic carbocycles. The minimum atomic E-state index is -3.77. The molecule has 3 rings (SSSR count). The average molecular weight is 458 g/mol. The van der Waals surface area contributed by atoms with Crippen molar-refractivity contribution in [1.82, 2.24) is 14.9 Å². The minimum absolute atomic E-state index is 0.0630. The average Bonchev–Trinajstić information content (AvgIpc) is 2.75. The van der Waals surface area contributed by atoms with E-state index in [1.54, 1.807) is 24.3 Å². The summed E-state index contributed by atoms with van der Waals surface area (Å²) in [7, 11) is -3.77. The van der Waals surface area contributed by atoms with Crippen LogP contribution in [0.3, 0.4) is 0 Å². The van der Waals surface area contributed by atoms with Gasteiger partial charge in [-0.25, -0.2) is 8.42 Å². The summed E-state index contributed by atoms with van der Waals surface area (Å²) in [5.74, 6) is -0.0601. The molecule has 2 aromatic rings. The number of carbonyl (C=O) groups excluding carboxylic acids is 1. The summed E-state index contributed by atoms with van der Waals surface area (Å²) in [6.45, 7) is 8.61. The fourth-order valence-corrected chi connectivity index (χ4v) is 5.24. The maximum atomic E-state index is 13.0. The Hall–Kier alpha value is -2.22. The SMILES string of the molecule is Cc1ccc(S(=O)(=O)NC(CC(C)C)C(=O)NC2CCN(Cc3ccccc3)CC2)cc1. The van der Waals surface area contributed by atoms with Gasteiger partial charge in [0.25, 0.3) is 0 Å². The molecule has 0 bridgehead atoms. The molecule has 2 N–H and O–H groups in total. The number of hydrogen-bond donors (Lipinski definition) is 2. The second kappa shape index (κ2) is 11.1. The van der Waals surface area contributed by atoms with E-state index in [0.29, 0.717) is 6.42 Å². The first-order valence-corrected chi connectivity index (χ1v) is 12.9. The fourth-order valence-electron chi connectivity index (χ4n) is 4.03. The van der Waals surface area contributed by atoms with Gasteiger partial charge in [0, 0.05) is 25.7 Å². The van der Waals surface area contributed by atoms with Crippen LogP contribution in [0, 0.1) is 12.8 Å². The molecule has 0 aromatic heterocycles. The normalized spacial score (nSPS) is 16.8. The van der Waals surface area contributed by atoms with Gasteiger partial charge in [-0.15, -0.1) is 0 Å². The van der Waals surface area contributed by atoms with Crippen LogP contribution in [0.2, 0.25) is 0 Å². The van der Waals surface area contributed by atoms with Gasteiger partial charge in [-0.2, -0.15) is 4.72 Å². The highest BCUT2D eigenvalue weighted by molar-refractivity contribution is 7.89. The zero-order chi connectivity index (χ0) is 23.1. The van der Waals surface area contributed by atoms with Gasteiger partial charge in [0.1, 0.15) is 6.04 Å². The van der Waals surface area contributed by atoms with E-state index in [0.717, 1.165) is 38.0 Å². The highest BCUT2D eigenvalue weighted by Gasteiger charge is 2.29. The molecular formula is C25H35N3O3S. The zero-order valence-electron chi connectivity index (χ0n) is 19.3. The summed E-state index contributed by atoms with van der Waals surface area (Å²) in [6.07, 6.45) is 2.17. The van der Waals surface area contributed by atoms with E-state index in [9.17, 15) is 13.2 Å². The lowest BCUT2D eigenvalue weighted by atomic mass is 10.0. The molecule has 1 aliphatic heterocycles. The Morgan fingerprint density at radius 3 is 2.25 bits per heavy atom. The molecule has 1 saturated heterocycles. The van der Waals surface area contributed by atoms with Gasteiger partial charge < -0.3 is 5.32 Å². The highest BCUT2D eigenvalue weighted by atomic mass is 32.2. The third kappa shape index (κ3) is 7.15. The largest absolute Gasteiger partial charge is 0.352 e. The maximum absolute atomic E-state index is 13.0. The first kappa shape index (κ1) is 24.4. The molecule has 174 valence electrons. The minimum Gasteiger partial charge on any atom is -0.352 e. The summed E-state index contributed by atoms with van der Waals surface area (Å²) in [5, 5.41) is 3.10. The number of likely N-dealkylation sites (tertiary alicyclic amines) is 1. The summed E-state index contributed by atoms with van der Waals surface area (Å²) >= 11 is 0. The lowest BCUT2D eigenvalue weighted by molar-refractivity contribution is -0.124. The molecule has 0 spiro atoms. The van der Waals surface area contributed by atoms with Crippen LogP contribution in [0.15, 0.2) is 59.5 Å². The maximum Gasteiger partial charge on any atom is 0.241 e. The summed E-state index contributed by atoms with van der Waals surface area (Å²) in [4.78, 5) is 15.6. The molecule has 1 fully saturated rings. The van der Waals surface area contributed by atoms with Crippen LogP contribution in [0.1, 0.15) is 44.2 Å². The van der Waals surface area contributed by atoms with Gasteiger partial charge >= 0.3 is 0 Å². The number of sulfonamides is 1. The van der Waals surface area contributed by atoms with Crippen LogP contribution in [0.5, 0.6) is 0 Å². The number of piperidine rings is 1. The Morgan fingerprint density at radius 2 is 1.66 bits per heavy atom. The Labute approximate surface area is 192 Å². The molecule has 1 atom stereocenters. The van der Waals surface area contributed by atoms with Crippen molar-refractivity contribution in [1.29, 1.82) is 0 Å². The van der Waals surface area contributed by atoms with Crippen LogP contribution >= 0.6 is 0 Å². The van der Waals surface area contributed by atoms with Crippen molar-refractivity contribution in [2.45, 2.75) is 63.6 Å². The van der Waals surface area contributed by atoms with Crippen LogP contribution in [-0.2, 0) is 21.4 Å². The molecule has 1 amide bonds. The molecule has 6 nitrogen and oxygen atoms in total. The predicted octanol–water partition coefficient (Wildman–Crippen LogP) is 3.47. The van der Waals surface area contributed by atoms with Crippen molar-refractivity contribution in [3.63, 3.8) is 0 Å². The van der Waals surface area contributed by atoms with Gasteiger partial charge in [0.05, 0.1) is 4.90 Å². The first-order chi connectivity index (χ1) is 15.2. The lowest BCUT2D eigenvalue weighted by Gasteiger charge is -2.33. The lowest BCUT2D eigenvalue weighted by Crippen LogP contribution is -2.52. The first-order valence-electron chi connectivity index (χ1n) is 11.4. The van der Waals surface area contributed by atoms with E-state index < -0.39 is 16.1 Å². The monoisotopic (exact) mass is 457 g/mol. The van der Waals surface area contributed by atoms with E-state index in [4.69, 9.17) is 0 Å². The zero-order valence-corrected chi connectivity index (χ0v) is 20.1. The van der Waals surface area contributed by atoms with E-state index >= 15 is 0 Å². The van der Waals surface area contributed by atoms with Crippen molar-refractivity contribution < 1.29 is 13.2 Å². The van der Waals surface area contributed by atoms with Crippen LogP contribution < -0.4 is 10.0 Å². The number of amides is 1. The van der Waals surface area contributed by atoms with E-state index in [1.807, 2.05) is 26.8 Å². The topological polar surface area (TPSA) is 78.5 Å². The highest BCUT2D eigenvalue weighted by Crippen LogP contribution is 2.16. The number of nitrogens with one attached hydrogen (secondary N) is 2. The van der Waals surface area contributed by atoms with Crippen LogP contribution in [0.25, 0.3) is 0 Å². The molecule has 0 radical (unpaired) electrons. The predicted molar refractivity (Wildman–Crippen MR) is 128 cm³/mol. The Morgan fingerprint density at radius 1 is 1.03 bits per heavy atom. The summed E-state index contributed by atoms with van der Waals surface area (Å²) < 4.78 is 28.3. The quantitative estimate of drug-likeness (QED) is 0.604. The van der Waals surface area contributed by atoms with E-state index in [1.165, 1.54) is 5.56 Å². The number of rotatable bonds is 9. The van der Waals surface area contributed by atoms with Crippen LogP contribution in [-0.4, -0.2) is 44.4 Å². The fraction of sp³-hybridized carbons (Fsp3) is 0.480. The number of aryl methyl sites for hydroxylation is 1. The van der Waals surface area contributed by atoms with Crippen molar-refractivity contribution in [3.8, 4) is 0 Å². The van der Waals surface area contributed by atoms with Crippen molar-refractivity contribution in [2.75, 3.05) is 13.1 Å². The molecule has 1 unspecified atom stereocenters. The number of benzene rings is 2. The molecule has 0 aliphatic carbocycles. The van der Waals surface area contributed by atoms with Gasteiger partial charge in [-0.05, 0) is 49.8 Å². The summed E-state index contributed by atoms with van der Waals surface area (Å²) in [6, 6.07) is 16.3. The van der Waals surface area contributed by atoms with Crippen LogP contribution in [0.4, 0.5) is 0 Å². The number of nitrogens with zero attached hydrogens (tertiary/aromatic N) is 1. The standard InChI is InChI=1S/C25H35N3O3S/c1-19(2)17-24(27-32(30,31)23-11-9-20(3)10-12-23)25(29)26-22-13-15-28(16-14-22)18-21-7-5-4-6-8-21/h4-12,19,22,24,27H,13-18H2,1-3H3,(H,26,29). The van der Waals surface area contributed by atoms with Crippen molar-refractivity contribution in [2.24, 2.45) is 5.92 Å². The smallest absolute Gasteiger partial charge is 0.241 e. The second-order valence-corrected chi connectivity index (χ2v) is 10.9. The Bertz CT molecular complexity index is 967. The van der Waals surface area contributed by atoms with Gasteiger partial charge in [0.15, 0.2) is 0 Å². The third-order valence-corrected chi connectivity index (χ3v) is 7.32. The van der Waals surface area contributed by atoms with Gasteiger partial charge in [-0.1, -0.05) is 61.9 Å². The second-order valence-electron chi connectivity index (χ2n) is 9.16. The molecule has 0 saturated carbocycles. The summed E-state index contributed by atoms with van der Waals surface area (Å²) in [5.41, 5.74) is 2.27. The molecular weight excluding hydrogens is 422 g/mol. The Balaban J connectivity index is 1.57. The van der Waals surface area contributed by atoms with E-state index in [2.05, 4.69) is 39.2 Å². The molecule has 1 aliphatic rings. The van der Waals surface area contributed by atoms with Gasteiger partial charge in [-0.3, -0.25) is 9.69 Å². The van der Waals surface area contributed by atoms with Gasteiger partial charge in [0.2, 0.25) is 15.9 Å². The number of hydrogen-bond acceptors (Lipinski definition) is 4. The van der Waals surface area contributed by atoms with E-state index in [-0.39, 0.29) is 22.8 Å². The Kier molecular flexibility index (Phi) is 8.45. The molecule has 32 heavy (non-hydrogen) atoms.